The van der Waals surface area contributed by atoms with Crippen LogP contribution in [0, 0.1) is 3.57 Å². The predicted octanol–water partition coefficient (Wildman–Crippen LogP) is 1.58. The third kappa shape index (κ3) is 3.22. The van der Waals surface area contributed by atoms with E-state index in [1.54, 1.807) is 12.1 Å². The minimum atomic E-state index is -3.91. The first kappa shape index (κ1) is 14.7. The van der Waals surface area contributed by atoms with Gasteiger partial charge in [-0.2, -0.15) is 0 Å². The molecule has 0 aliphatic rings. The number of nitrogens with one attached hydrogen (secondary N) is 1. The van der Waals surface area contributed by atoms with E-state index in [-0.39, 0.29) is 10.7 Å². The molecule has 2 N–H and O–H groups in total. The lowest BCUT2D eigenvalue weighted by Crippen LogP contribution is -2.17. The van der Waals surface area contributed by atoms with Crippen molar-refractivity contribution >= 4 is 44.4 Å². The van der Waals surface area contributed by atoms with E-state index < -0.39 is 21.7 Å². The first-order chi connectivity index (χ1) is 9.40. The monoisotopic (exact) mass is 405 g/mol. The Hall–Kier alpha value is -1.75. The van der Waals surface area contributed by atoms with Crippen LogP contribution in [0.5, 0.6) is 0 Å². The van der Waals surface area contributed by atoms with Crippen LogP contribution >= 0.6 is 22.6 Å². The number of hydrogen-bond donors (Lipinski definition) is 2. The summed E-state index contributed by atoms with van der Waals surface area (Å²) in [5.74, 6) is -1.68. The zero-order valence-electron chi connectivity index (χ0n) is 9.82. The van der Waals surface area contributed by atoms with Crippen LogP contribution in [-0.2, 0) is 10.0 Å². The molecule has 2 rings (SSSR count). The molecule has 0 aliphatic carbocycles. The van der Waals surface area contributed by atoms with Crippen LogP contribution in [0.2, 0.25) is 0 Å². The number of halogens is 1. The zero-order valence-corrected chi connectivity index (χ0v) is 12.8. The molecule has 1 aromatic carbocycles. The largest absolute Gasteiger partial charge is 0.476 e. The molecule has 0 bridgehead atoms. The Labute approximate surface area is 128 Å². The molecule has 1 aromatic heterocycles. The molecule has 0 radical (unpaired) electrons. The van der Waals surface area contributed by atoms with Gasteiger partial charge in [-0.1, -0.05) is 0 Å². The van der Waals surface area contributed by atoms with Gasteiger partial charge in [-0.05, 0) is 46.9 Å². The number of carboxylic acids is 1. The van der Waals surface area contributed by atoms with Gasteiger partial charge in [0.15, 0.2) is 11.5 Å². The molecule has 0 saturated heterocycles. The van der Waals surface area contributed by atoms with E-state index in [9.17, 15) is 13.2 Å². The Kier molecular flexibility index (Phi) is 4.18. The van der Waals surface area contributed by atoms with Crippen LogP contribution < -0.4 is 4.72 Å². The summed E-state index contributed by atoms with van der Waals surface area (Å²) in [6.07, 6.45) is 2.38. The number of sulfonamides is 1. The van der Waals surface area contributed by atoms with Crippen molar-refractivity contribution in [2.24, 2.45) is 0 Å². The van der Waals surface area contributed by atoms with Crippen molar-refractivity contribution in [3.05, 3.63) is 45.9 Å². The van der Waals surface area contributed by atoms with E-state index >= 15 is 0 Å². The van der Waals surface area contributed by atoms with Crippen LogP contribution in [0.15, 0.2) is 41.6 Å². The summed E-state index contributed by atoms with van der Waals surface area (Å²) in [7, 11) is -3.91. The van der Waals surface area contributed by atoms with Crippen molar-refractivity contribution in [3.8, 4) is 0 Å². The van der Waals surface area contributed by atoms with Crippen molar-refractivity contribution in [2.75, 3.05) is 4.72 Å². The summed E-state index contributed by atoms with van der Waals surface area (Å²) in [5.41, 5.74) is -0.457. The molecule has 0 spiro atoms. The molecule has 7 nitrogen and oxygen atoms in total. The molecular weight excluding hydrogens is 397 g/mol. The molecule has 2 aromatic rings. The highest BCUT2D eigenvalue weighted by Gasteiger charge is 2.20. The fourth-order valence-electron chi connectivity index (χ4n) is 1.37. The lowest BCUT2D eigenvalue weighted by molar-refractivity contribution is 0.0691. The fourth-order valence-corrected chi connectivity index (χ4v) is 2.74. The molecule has 1 heterocycles. The Morgan fingerprint density at radius 3 is 2.35 bits per heavy atom. The number of carbonyl (C=O) groups is 1. The van der Waals surface area contributed by atoms with Crippen LogP contribution in [0.3, 0.4) is 0 Å². The molecular formula is C11H8IN3O4S. The Bertz CT molecular complexity index is 747. The summed E-state index contributed by atoms with van der Waals surface area (Å²) >= 11 is 2.05. The number of nitrogens with zero attached hydrogens (tertiary/aromatic N) is 2. The molecule has 0 fully saturated rings. The molecule has 0 aliphatic heterocycles. The summed E-state index contributed by atoms with van der Waals surface area (Å²) in [5, 5.41) is 8.93. The maximum absolute atomic E-state index is 12.1. The van der Waals surface area contributed by atoms with Gasteiger partial charge >= 0.3 is 5.97 Å². The van der Waals surface area contributed by atoms with Gasteiger partial charge in [0.05, 0.1) is 4.90 Å². The van der Waals surface area contributed by atoms with E-state index in [0.29, 0.717) is 0 Å². The number of aromatic carboxylic acids is 1. The standard InChI is InChI=1S/C11H8IN3O4S/c12-7-1-3-8(4-2-7)20(18,19)15-10-9(11(16)17)13-5-6-14-10/h1-6H,(H,14,15)(H,16,17). The molecule has 0 saturated carbocycles. The molecule has 20 heavy (non-hydrogen) atoms. The average molecular weight is 405 g/mol. The quantitative estimate of drug-likeness (QED) is 0.748. The Balaban J connectivity index is 2.38. The fraction of sp³-hybridized carbons (Fsp3) is 0. The van der Waals surface area contributed by atoms with Gasteiger partial charge in [-0.3, -0.25) is 4.72 Å². The summed E-state index contributed by atoms with van der Waals surface area (Å²) < 4.78 is 27.2. The highest BCUT2D eigenvalue weighted by atomic mass is 127. The zero-order chi connectivity index (χ0) is 14.8. The van der Waals surface area contributed by atoms with E-state index in [0.717, 1.165) is 3.57 Å². The summed E-state index contributed by atoms with van der Waals surface area (Å²) in [6.45, 7) is 0. The third-order valence-corrected chi connectivity index (χ3v) is 4.33. The second kappa shape index (κ2) is 5.71. The summed E-state index contributed by atoms with van der Waals surface area (Å²) in [6, 6.07) is 6.09. The average Bonchev–Trinajstić information content (AvgIpc) is 2.39. The number of aromatic nitrogens is 2. The van der Waals surface area contributed by atoms with Crippen LogP contribution in [0.25, 0.3) is 0 Å². The maximum Gasteiger partial charge on any atom is 0.358 e. The SMILES string of the molecule is O=C(O)c1nccnc1NS(=O)(=O)c1ccc(I)cc1. The lowest BCUT2D eigenvalue weighted by atomic mass is 10.4. The van der Waals surface area contributed by atoms with Gasteiger partial charge in [0.2, 0.25) is 0 Å². The molecule has 0 atom stereocenters. The highest BCUT2D eigenvalue weighted by molar-refractivity contribution is 14.1. The van der Waals surface area contributed by atoms with Crippen LogP contribution in [0.4, 0.5) is 5.82 Å². The van der Waals surface area contributed by atoms with Gasteiger partial charge in [0.1, 0.15) is 0 Å². The second-order valence-electron chi connectivity index (χ2n) is 3.62. The molecule has 0 amide bonds. The van der Waals surface area contributed by atoms with Crippen molar-refractivity contribution in [1.29, 1.82) is 0 Å². The van der Waals surface area contributed by atoms with Crippen LogP contribution in [-0.4, -0.2) is 29.5 Å². The minimum absolute atomic E-state index is 0.0138. The Morgan fingerprint density at radius 2 is 1.75 bits per heavy atom. The predicted molar refractivity (Wildman–Crippen MR) is 79.0 cm³/mol. The number of carboxylic acid groups (broad SMARTS) is 1. The topological polar surface area (TPSA) is 109 Å². The smallest absolute Gasteiger partial charge is 0.358 e. The highest BCUT2D eigenvalue weighted by Crippen LogP contribution is 2.17. The van der Waals surface area contributed by atoms with E-state index in [1.807, 2.05) is 22.6 Å². The van der Waals surface area contributed by atoms with Crippen molar-refractivity contribution in [2.45, 2.75) is 4.90 Å². The maximum atomic E-state index is 12.1. The first-order valence-corrected chi connectivity index (χ1v) is 7.79. The minimum Gasteiger partial charge on any atom is -0.476 e. The van der Waals surface area contributed by atoms with Gasteiger partial charge in [-0.25, -0.2) is 23.2 Å². The van der Waals surface area contributed by atoms with Crippen molar-refractivity contribution < 1.29 is 18.3 Å². The van der Waals surface area contributed by atoms with E-state index in [2.05, 4.69) is 14.7 Å². The number of benzene rings is 1. The second-order valence-corrected chi connectivity index (χ2v) is 6.55. The molecule has 0 unspecified atom stereocenters. The lowest BCUT2D eigenvalue weighted by Gasteiger charge is -2.08. The van der Waals surface area contributed by atoms with Gasteiger partial charge in [0, 0.05) is 16.0 Å². The van der Waals surface area contributed by atoms with Gasteiger partial charge in [-0.15, -0.1) is 0 Å². The Morgan fingerprint density at radius 1 is 1.15 bits per heavy atom. The van der Waals surface area contributed by atoms with Gasteiger partial charge in [0.25, 0.3) is 10.0 Å². The van der Waals surface area contributed by atoms with E-state index in [1.165, 1.54) is 24.5 Å². The van der Waals surface area contributed by atoms with Crippen molar-refractivity contribution in [1.82, 2.24) is 9.97 Å². The number of anilines is 1. The van der Waals surface area contributed by atoms with E-state index in [4.69, 9.17) is 5.11 Å². The van der Waals surface area contributed by atoms with Crippen LogP contribution in [0.1, 0.15) is 10.5 Å². The molecule has 104 valence electrons. The number of hydrogen-bond acceptors (Lipinski definition) is 5. The van der Waals surface area contributed by atoms with Crippen molar-refractivity contribution in [3.63, 3.8) is 0 Å². The summed E-state index contributed by atoms with van der Waals surface area (Å²) in [4.78, 5) is 18.2. The molecule has 9 heteroatoms. The van der Waals surface area contributed by atoms with Gasteiger partial charge < -0.3 is 5.11 Å². The first-order valence-electron chi connectivity index (χ1n) is 5.23. The third-order valence-electron chi connectivity index (χ3n) is 2.26. The number of rotatable bonds is 4. The normalized spacial score (nSPS) is 11.1.